The molecule has 0 spiro atoms. The number of likely N-dealkylation sites (tertiary alicyclic amines) is 1. The highest BCUT2D eigenvalue weighted by Crippen LogP contribution is 2.27. The summed E-state index contributed by atoms with van der Waals surface area (Å²) >= 11 is 6.09. The summed E-state index contributed by atoms with van der Waals surface area (Å²) in [7, 11) is -0.439. The highest BCUT2D eigenvalue weighted by atomic mass is 35.5. The zero-order valence-corrected chi connectivity index (χ0v) is 18.6. The highest BCUT2D eigenvalue weighted by molar-refractivity contribution is 7.92. The van der Waals surface area contributed by atoms with Crippen molar-refractivity contribution >= 4 is 33.2 Å². The van der Waals surface area contributed by atoms with Crippen LogP contribution in [0.2, 0.25) is 5.02 Å². The van der Waals surface area contributed by atoms with E-state index in [1.165, 1.54) is 25.3 Å². The van der Waals surface area contributed by atoms with Crippen LogP contribution in [-0.2, 0) is 14.8 Å². The highest BCUT2D eigenvalue weighted by Gasteiger charge is 2.28. The first-order chi connectivity index (χ1) is 14.3. The van der Waals surface area contributed by atoms with Crippen LogP contribution in [0.4, 0.5) is 5.69 Å². The number of ether oxygens (including phenoxy) is 1. The third-order valence-corrected chi connectivity index (χ3v) is 7.14. The van der Waals surface area contributed by atoms with E-state index in [9.17, 15) is 13.2 Å². The largest absolute Gasteiger partial charge is 0.497 e. The second-order valence-corrected chi connectivity index (χ2v) is 9.61. The fourth-order valence-corrected chi connectivity index (χ4v) is 4.98. The van der Waals surface area contributed by atoms with E-state index in [1.54, 1.807) is 30.3 Å². The Balaban J connectivity index is 1.85. The van der Waals surface area contributed by atoms with Gasteiger partial charge in [0.15, 0.2) is 0 Å². The zero-order chi connectivity index (χ0) is 21.7. The van der Waals surface area contributed by atoms with E-state index in [0.29, 0.717) is 16.5 Å². The molecule has 1 amide bonds. The molecule has 0 aromatic heterocycles. The van der Waals surface area contributed by atoms with Crippen molar-refractivity contribution in [2.45, 2.75) is 23.8 Å². The Labute approximate surface area is 182 Å². The van der Waals surface area contributed by atoms with Crippen molar-refractivity contribution in [2.24, 2.45) is 0 Å². The number of sulfonamides is 1. The molecule has 1 saturated heterocycles. The summed E-state index contributed by atoms with van der Waals surface area (Å²) < 4.78 is 32.9. The topological polar surface area (TPSA) is 79.0 Å². The SMILES string of the molecule is COc1ccc(S(=O)(=O)N(CC(=O)NC2CCN(C)CC2)c2cccc(Cl)c2)cc1. The Hall–Kier alpha value is -2.29. The summed E-state index contributed by atoms with van der Waals surface area (Å²) in [6.07, 6.45) is 1.68. The first kappa shape index (κ1) is 22.4. The number of hydrogen-bond donors (Lipinski definition) is 1. The number of amides is 1. The maximum Gasteiger partial charge on any atom is 0.264 e. The number of benzene rings is 2. The van der Waals surface area contributed by atoms with Crippen LogP contribution in [0.25, 0.3) is 0 Å². The van der Waals surface area contributed by atoms with E-state index in [-0.39, 0.29) is 23.4 Å². The number of anilines is 1. The van der Waals surface area contributed by atoms with Gasteiger partial charge in [-0.1, -0.05) is 17.7 Å². The lowest BCUT2D eigenvalue weighted by Gasteiger charge is -2.30. The molecule has 1 heterocycles. The van der Waals surface area contributed by atoms with Crippen molar-refractivity contribution < 1.29 is 17.9 Å². The van der Waals surface area contributed by atoms with Crippen LogP contribution in [-0.4, -0.2) is 59.1 Å². The minimum atomic E-state index is -3.99. The molecule has 9 heteroatoms. The predicted octanol–water partition coefficient (Wildman–Crippen LogP) is 2.75. The molecule has 2 aromatic rings. The lowest BCUT2D eigenvalue weighted by molar-refractivity contribution is -0.120. The van der Waals surface area contributed by atoms with Crippen LogP contribution >= 0.6 is 11.6 Å². The minimum absolute atomic E-state index is 0.0404. The van der Waals surface area contributed by atoms with Gasteiger partial charge < -0.3 is 15.0 Å². The molecule has 0 radical (unpaired) electrons. The fourth-order valence-electron chi connectivity index (χ4n) is 3.38. The van der Waals surface area contributed by atoms with Crippen molar-refractivity contribution in [3.05, 3.63) is 53.6 Å². The number of methoxy groups -OCH3 is 1. The van der Waals surface area contributed by atoms with Gasteiger partial charge in [0.25, 0.3) is 10.0 Å². The van der Waals surface area contributed by atoms with Crippen molar-refractivity contribution in [3.63, 3.8) is 0 Å². The smallest absolute Gasteiger partial charge is 0.264 e. The van der Waals surface area contributed by atoms with Crippen molar-refractivity contribution in [2.75, 3.05) is 38.1 Å². The number of hydrogen-bond acceptors (Lipinski definition) is 5. The van der Waals surface area contributed by atoms with Crippen LogP contribution in [0.1, 0.15) is 12.8 Å². The van der Waals surface area contributed by atoms with Crippen LogP contribution < -0.4 is 14.4 Å². The Kier molecular flexibility index (Phi) is 7.23. The van der Waals surface area contributed by atoms with Gasteiger partial charge in [-0.15, -0.1) is 0 Å². The average Bonchev–Trinajstić information content (AvgIpc) is 2.73. The number of halogens is 1. The summed E-state index contributed by atoms with van der Waals surface area (Å²) in [6.45, 7) is 1.46. The number of rotatable bonds is 7. The third-order valence-electron chi connectivity index (χ3n) is 5.11. The monoisotopic (exact) mass is 451 g/mol. The van der Waals surface area contributed by atoms with Crippen LogP contribution in [0.5, 0.6) is 5.75 Å². The van der Waals surface area contributed by atoms with Gasteiger partial charge in [0.05, 0.1) is 17.7 Å². The van der Waals surface area contributed by atoms with E-state index in [2.05, 4.69) is 10.2 Å². The molecule has 0 saturated carbocycles. The molecular formula is C21H26ClN3O4S. The quantitative estimate of drug-likeness (QED) is 0.700. The number of nitrogens with one attached hydrogen (secondary N) is 1. The van der Waals surface area contributed by atoms with E-state index in [0.717, 1.165) is 30.2 Å². The fraction of sp³-hybridized carbons (Fsp3) is 0.381. The Bertz CT molecular complexity index is 974. The van der Waals surface area contributed by atoms with Gasteiger partial charge in [-0.05, 0) is 75.4 Å². The molecule has 0 atom stereocenters. The molecule has 1 N–H and O–H groups in total. The molecule has 30 heavy (non-hydrogen) atoms. The Morgan fingerprint density at radius 1 is 1.20 bits per heavy atom. The molecule has 1 aliphatic heterocycles. The maximum atomic E-state index is 13.4. The average molecular weight is 452 g/mol. The van der Waals surface area contributed by atoms with E-state index in [1.807, 2.05) is 7.05 Å². The van der Waals surface area contributed by atoms with Gasteiger partial charge in [0.2, 0.25) is 5.91 Å². The van der Waals surface area contributed by atoms with Crippen LogP contribution in [0.3, 0.4) is 0 Å². The molecule has 0 unspecified atom stereocenters. The lowest BCUT2D eigenvalue weighted by Crippen LogP contribution is -2.47. The Morgan fingerprint density at radius 2 is 1.87 bits per heavy atom. The van der Waals surface area contributed by atoms with E-state index in [4.69, 9.17) is 16.3 Å². The first-order valence-corrected chi connectivity index (χ1v) is 11.5. The number of nitrogens with zero attached hydrogens (tertiary/aromatic N) is 2. The van der Waals surface area contributed by atoms with Gasteiger partial charge in [-0.3, -0.25) is 9.10 Å². The number of carbonyl (C=O) groups excluding carboxylic acids is 1. The molecule has 1 aliphatic rings. The minimum Gasteiger partial charge on any atom is -0.497 e. The van der Waals surface area contributed by atoms with E-state index >= 15 is 0 Å². The molecule has 0 aliphatic carbocycles. The van der Waals surface area contributed by atoms with Crippen molar-refractivity contribution in [1.82, 2.24) is 10.2 Å². The molecule has 162 valence electrons. The second kappa shape index (κ2) is 9.68. The van der Waals surface area contributed by atoms with Crippen LogP contribution in [0, 0.1) is 0 Å². The molecule has 7 nitrogen and oxygen atoms in total. The molecule has 0 bridgehead atoms. The molecular weight excluding hydrogens is 426 g/mol. The van der Waals surface area contributed by atoms with Gasteiger partial charge in [0.1, 0.15) is 12.3 Å². The maximum absolute atomic E-state index is 13.4. The summed E-state index contributed by atoms with van der Waals surface area (Å²) in [5, 5.41) is 3.36. The number of piperidine rings is 1. The van der Waals surface area contributed by atoms with E-state index < -0.39 is 10.0 Å². The Morgan fingerprint density at radius 3 is 2.47 bits per heavy atom. The number of carbonyl (C=O) groups is 1. The van der Waals surface area contributed by atoms with Crippen molar-refractivity contribution in [3.8, 4) is 5.75 Å². The molecule has 1 fully saturated rings. The van der Waals surface area contributed by atoms with Gasteiger partial charge in [-0.25, -0.2) is 8.42 Å². The first-order valence-electron chi connectivity index (χ1n) is 9.70. The van der Waals surface area contributed by atoms with Gasteiger partial charge in [0, 0.05) is 11.1 Å². The van der Waals surface area contributed by atoms with Gasteiger partial charge >= 0.3 is 0 Å². The third kappa shape index (κ3) is 5.44. The normalized spacial score (nSPS) is 15.6. The van der Waals surface area contributed by atoms with Crippen LogP contribution in [0.15, 0.2) is 53.4 Å². The molecule has 3 rings (SSSR count). The van der Waals surface area contributed by atoms with Crippen molar-refractivity contribution in [1.29, 1.82) is 0 Å². The summed E-state index contributed by atoms with van der Waals surface area (Å²) in [5.41, 5.74) is 0.330. The standard InChI is InChI=1S/C21H26ClN3O4S/c1-24-12-10-17(11-13-24)23-21(26)15-25(18-5-3-4-16(22)14-18)30(27,28)20-8-6-19(29-2)7-9-20/h3-9,14,17H,10-13,15H2,1-2H3,(H,23,26). The zero-order valence-electron chi connectivity index (χ0n) is 17.0. The summed E-state index contributed by atoms with van der Waals surface area (Å²) in [5.74, 6) is 0.199. The summed E-state index contributed by atoms with van der Waals surface area (Å²) in [4.78, 5) is 15.0. The lowest BCUT2D eigenvalue weighted by atomic mass is 10.1. The second-order valence-electron chi connectivity index (χ2n) is 7.31. The molecule has 2 aromatic carbocycles. The predicted molar refractivity (Wildman–Crippen MR) is 118 cm³/mol. The van der Waals surface area contributed by atoms with Gasteiger partial charge in [-0.2, -0.15) is 0 Å². The summed E-state index contributed by atoms with van der Waals surface area (Å²) in [6, 6.07) is 12.6.